The average molecular weight is 200 g/mol. The average Bonchev–Trinajstić information content (AvgIpc) is 2.11. The second kappa shape index (κ2) is 5.10. The van der Waals surface area contributed by atoms with Crippen LogP contribution in [-0.4, -0.2) is 11.7 Å². The predicted octanol–water partition coefficient (Wildman–Crippen LogP) is 2.33. The van der Waals surface area contributed by atoms with Gasteiger partial charge in [-0.25, -0.2) is 0 Å². The van der Waals surface area contributed by atoms with Crippen LogP contribution in [0, 0.1) is 0 Å². The molecular weight excluding hydrogens is 186 g/mol. The van der Waals surface area contributed by atoms with Gasteiger partial charge in [0, 0.05) is 5.02 Å². The van der Waals surface area contributed by atoms with Gasteiger partial charge in [-0.15, -0.1) is 0 Å². The van der Waals surface area contributed by atoms with Crippen molar-refractivity contribution in [1.82, 2.24) is 0 Å². The third-order valence-corrected chi connectivity index (χ3v) is 2.30. The van der Waals surface area contributed by atoms with Crippen LogP contribution in [0.25, 0.3) is 0 Å². The van der Waals surface area contributed by atoms with Crippen LogP contribution in [0.1, 0.15) is 18.4 Å². The molecule has 0 fully saturated rings. The second-order valence-corrected chi connectivity index (χ2v) is 3.43. The Balaban J connectivity index is 2.59. The zero-order valence-corrected chi connectivity index (χ0v) is 8.22. The third-order valence-electron chi connectivity index (χ3n) is 1.93. The van der Waals surface area contributed by atoms with E-state index in [4.69, 9.17) is 17.3 Å². The van der Waals surface area contributed by atoms with Crippen LogP contribution in [0.2, 0.25) is 5.02 Å². The number of nitrogens with two attached hydrogens (primary N) is 1. The fraction of sp³-hybridized carbons (Fsp3) is 0.400. The number of aromatic hydroxyl groups is 1. The van der Waals surface area contributed by atoms with Crippen LogP contribution >= 0.6 is 11.6 Å². The molecule has 1 aromatic carbocycles. The summed E-state index contributed by atoms with van der Waals surface area (Å²) in [5.41, 5.74) is 6.37. The van der Waals surface area contributed by atoms with Crippen molar-refractivity contribution < 1.29 is 5.11 Å². The van der Waals surface area contributed by atoms with Gasteiger partial charge in [0.1, 0.15) is 5.75 Å². The SMILES string of the molecule is NCCCCc1cc(O)ccc1Cl. The summed E-state index contributed by atoms with van der Waals surface area (Å²) >= 11 is 5.93. The largest absolute Gasteiger partial charge is 0.508 e. The van der Waals surface area contributed by atoms with Crippen molar-refractivity contribution in [3.63, 3.8) is 0 Å². The zero-order valence-electron chi connectivity index (χ0n) is 7.46. The van der Waals surface area contributed by atoms with Gasteiger partial charge in [0.2, 0.25) is 0 Å². The highest BCUT2D eigenvalue weighted by Crippen LogP contribution is 2.22. The highest BCUT2D eigenvalue weighted by atomic mass is 35.5. The Morgan fingerprint density at radius 1 is 1.31 bits per heavy atom. The molecule has 0 amide bonds. The maximum Gasteiger partial charge on any atom is 0.115 e. The summed E-state index contributed by atoms with van der Waals surface area (Å²) in [5, 5.41) is 9.93. The number of rotatable bonds is 4. The number of phenolic OH excluding ortho intramolecular Hbond substituents is 1. The van der Waals surface area contributed by atoms with Gasteiger partial charge < -0.3 is 10.8 Å². The number of aryl methyl sites for hydroxylation is 1. The molecule has 0 saturated heterocycles. The molecule has 13 heavy (non-hydrogen) atoms. The van der Waals surface area contributed by atoms with Crippen LogP contribution in [0.15, 0.2) is 18.2 Å². The zero-order chi connectivity index (χ0) is 9.68. The molecule has 0 saturated carbocycles. The summed E-state index contributed by atoms with van der Waals surface area (Å²) in [6, 6.07) is 5.02. The van der Waals surface area contributed by atoms with Crippen LogP contribution in [-0.2, 0) is 6.42 Å². The Bertz CT molecular complexity index is 276. The summed E-state index contributed by atoms with van der Waals surface area (Å²) in [6.07, 6.45) is 2.89. The molecule has 1 rings (SSSR count). The number of unbranched alkanes of at least 4 members (excludes halogenated alkanes) is 1. The highest BCUT2D eigenvalue weighted by Gasteiger charge is 2.00. The van der Waals surface area contributed by atoms with E-state index in [1.807, 2.05) is 0 Å². The van der Waals surface area contributed by atoms with Crippen molar-refractivity contribution in [3.05, 3.63) is 28.8 Å². The topological polar surface area (TPSA) is 46.2 Å². The first-order valence-corrected chi connectivity index (χ1v) is 4.79. The fourth-order valence-corrected chi connectivity index (χ4v) is 1.42. The van der Waals surface area contributed by atoms with E-state index in [2.05, 4.69) is 0 Å². The van der Waals surface area contributed by atoms with Crippen LogP contribution < -0.4 is 5.73 Å². The molecule has 0 bridgehead atoms. The summed E-state index contributed by atoms with van der Waals surface area (Å²) in [7, 11) is 0. The van der Waals surface area contributed by atoms with Crippen molar-refractivity contribution in [2.24, 2.45) is 5.73 Å². The number of halogens is 1. The molecule has 72 valence electrons. The molecule has 0 aliphatic carbocycles. The molecule has 2 nitrogen and oxygen atoms in total. The third kappa shape index (κ3) is 3.25. The Hall–Kier alpha value is -0.730. The van der Waals surface area contributed by atoms with E-state index in [-0.39, 0.29) is 5.75 Å². The molecule has 3 heteroatoms. The summed E-state index contributed by atoms with van der Waals surface area (Å²) in [4.78, 5) is 0. The van der Waals surface area contributed by atoms with E-state index in [1.54, 1.807) is 18.2 Å². The summed E-state index contributed by atoms with van der Waals surface area (Å²) in [6.45, 7) is 0.705. The van der Waals surface area contributed by atoms with E-state index in [0.717, 1.165) is 29.8 Å². The molecule has 0 aliphatic heterocycles. The van der Waals surface area contributed by atoms with Gasteiger partial charge in [-0.2, -0.15) is 0 Å². The van der Waals surface area contributed by atoms with Gasteiger partial charge in [-0.1, -0.05) is 11.6 Å². The highest BCUT2D eigenvalue weighted by molar-refractivity contribution is 6.31. The monoisotopic (exact) mass is 199 g/mol. The van der Waals surface area contributed by atoms with E-state index >= 15 is 0 Å². The van der Waals surface area contributed by atoms with E-state index < -0.39 is 0 Å². The molecule has 0 unspecified atom stereocenters. The van der Waals surface area contributed by atoms with Crippen LogP contribution in [0.4, 0.5) is 0 Å². The van der Waals surface area contributed by atoms with Crippen molar-refractivity contribution in [2.45, 2.75) is 19.3 Å². The molecule has 0 radical (unpaired) electrons. The molecule has 0 atom stereocenters. The Labute approximate surface area is 83.3 Å². The van der Waals surface area contributed by atoms with Gasteiger partial charge in [0.25, 0.3) is 0 Å². The first-order chi connectivity index (χ1) is 6.24. The minimum Gasteiger partial charge on any atom is -0.508 e. The lowest BCUT2D eigenvalue weighted by atomic mass is 10.1. The van der Waals surface area contributed by atoms with Gasteiger partial charge in [0.05, 0.1) is 0 Å². The van der Waals surface area contributed by atoms with E-state index in [0.29, 0.717) is 6.54 Å². The van der Waals surface area contributed by atoms with Gasteiger partial charge in [-0.3, -0.25) is 0 Å². The lowest BCUT2D eigenvalue weighted by molar-refractivity contribution is 0.474. The Kier molecular flexibility index (Phi) is 4.06. The van der Waals surface area contributed by atoms with Crippen LogP contribution in [0.3, 0.4) is 0 Å². The number of phenols is 1. The maximum absolute atomic E-state index is 9.21. The minimum atomic E-state index is 0.271. The number of benzene rings is 1. The molecular formula is C10H14ClNO. The van der Waals surface area contributed by atoms with Gasteiger partial charge >= 0.3 is 0 Å². The Morgan fingerprint density at radius 3 is 2.77 bits per heavy atom. The predicted molar refractivity (Wildman–Crippen MR) is 55.1 cm³/mol. The number of hydrogen-bond acceptors (Lipinski definition) is 2. The van der Waals surface area contributed by atoms with Crippen LogP contribution in [0.5, 0.6) is 5.75 Å². The van der Waals surface area contributed by atoms with Crippen molar-refractivity contribution in [2.75, 3.05) is 6.54 Å². The summed E-state index contributed by atoms with van der Waals surface area (Å²) < 4.78 is 0. The lowest BCUT2D eigenvalue weighted by Crippen LogP contribution is -1.99. The Morgan fingerprint density at radius 2 is 2.08 bits per heavy atom. The lowest BCUT2D eigenvalue weighted by Gasteiger charge is -2.03. The second-order valence-electron chi connectivity index (χ2n) is 3.02. The molecule has 3 N–H and O–H groups in total. The molecule has 1 aromatic rings. The smallest absolute Gasteiger partial charge is 0.115 e. The first-order valence-electron chi connectivity index (χ1n) is 4.41. The minimum absolute atomic E-state index is 0.271. The maximum atomic E-state index is 9.21. The molecule has 0 spiro atoms. The standard InChI is InChI=1S/C10H14ClNO/c11-10-5-4-9(13)7-8(10)3-1-2-6-12/h4-5,7,13H,1-3,6,12H2. The van der Waals surface area contributed by atoms with E-state index in [1.165, 1.54) is 0 Å². The first kappa shape index (κ1) is 10.4. The van der Waals surface area contributed by atoms with E-state index in [9.17, 15) is 5.11 Å². The van der Waals surface area contributed by atoms with Gasteiger partial charge in [-0.05, 0) is 49.6 Å². The molecule has 0 aliphatic rings. The molecule has 0 heterocycles. The van der Waals surface area contributed by atoms with Gasteiger partial charge in [0.15, 0.2) is 0 Å². The van der Waals surface area contributed by atoms with Crippen molar-refractivity contribution >= 4 is 11.6 Å². The molecule has 0 aromatic heterocycles. The van der Waals surface area contributed by atoms with Crippen molar-refractivity contribution in [1.29, 1.82) is 0 Å². The summed E-state index contributed by atoms with van der Waals surface area (Å²) in [5.74, 6) is 0.271. The normalized spacial score (nSPS) is 10.3. The number of hydrogen-bond donors (Lipinski definition) is 2. The van der Waals surface area contributed by atoms with Crippen molar-refractivity contribution in [3.8, 4) is 5.75 Å². The fourth-order valence-electron chi connectivity index (χ4n) is 1.21. The quantitative estimate of drug-likeness (QED) is 0.732.